The van der Waals surface area contributed by atoms with E-state index < -0.39 is 24.3 Å². The second-order valence-electron chi connectivity index (χ2n) is 23.4. The molecular weight excluding hydrogens is 947 g/mol. The predicted molar refractivity (Wildman–Crippen MR) is 323 cm³/mol. The summed E-state index contributed by atoms with van der Waals surface area (Å²) >= 11 is 0. The van der Waals surface area contributed by atoms with Crippen LogP contribution in [0.2, 0.25) is 0 Å². The normalized spacial score (nSPS) is 12.9. The maximum atomic E-state index is 12.9. The Bertz CT molecular complexity index is 1340. The maximum absolute atomic E-state index is 12.9. The molecule has 0 aliphatic heterocycles. The van der Waals surface area contributed by atoms with Crippen molar-refractivity contribution in [1.82, 2.24) is 0 Å². The summed E-state index contributed by atoms with van der Waals surface area (Å²) in [5, 5.41) is 9.72. The van der Waals surface area contributed by atoms with Gasteiger partial charge in [-0.2, -0.15) is 0 Å². The number of rotatable bonds is 61. The first kappa shape index (κ1) is 73.5. The fourth-order valence-electron chi connectivity index (χ4n) is 9.61. The number of nitrogens with zero attached hydrogens (tertiary/aromatic N) is 1. The highest BCUT2D eigenvalue weighted by atomic mass is 16.7. The number of likely N-dealkylation sites (N-methyl/N-ethyl adjacent to an activating group) is 1. The van der Waals surface area contributed by atoms with Crippen LogP contribution in [0.5, 0.6) is 0 Å². The summed E-state index contributed by atoms with van der Waals surface area (Å²) in [5.74, 6) is -1.99. The number of carboxylic acids is 1. The molecule has 0 aliphatic rings. The third kappa shape index (κ3) is 59.2. The molecule has 0 fully saturated rings. The molecule has 0 aliphatic carbocycles. The molecule has 2 unspecified atom stereocenters. The van der Waals surface area contributed by atoms with E-state index in [1.165, 1.54) is 225 Å². The van der Waals surface area contributed by atoms with Gasteiger partial charge in [-0.05, 0) is 51.4 Å². The van der Waals surface area contributed by atoms with Gasteiger partial charge in [0.1, 0.15) is 13.2 Å². The molecule has 0 amide bonds. The van der Waals surface area contributed by atoms with E-state index in [4.69, 9.17) is 18.9 Å². The Balaban J connectivity index is 4.14. The smallest absolute Gasteiger partial charge is 0.361 e. The number of aliphatic carboxylic acids is 1. The third-order valence-electron chi connectivity index (χ3n) is 14.6. The van der Waals surface area contributed by atoms with E-state index in [2.05, 4.69) is 50.3 Å². The van der Waals surface area contributed by atoms with Crippen LogP contribution in [0.25, 0.3) is 0 Å². The van der Waals surface area contributed by atoms with Crippen molar-refractivity contribution in [2.45, 2.75) is 328 Å². The standard InChI is InChI=1S/C67H125NO8/c1-6-8-10-12-14-16-18-20-22-24-26-28-30-31-32-33-34-36-37-39-41-43-45-47-49-51-53-55-57-64(69)74-61-63(62-75-67(66(71)72)73-60-59-68(3,4)5)76-65(70)58-56-54-52-50-48-46-44-42-40-38-35-29-27-25-23-21-19-17-15-13-11-9-7-2/h19,21,25,27,35,38,63,67H,6-18,20,22-24,26,28-34,36-37,39-62H2,1-5H3/p+1/b21-19-,27-25-,38-35-. The number of unbranched alkanes of at least 4 members (excludes halogenated alkanes) is 40. The Morgan fingerprint density at radius 3 is 1.05 bits per heavy atom. The van der Waals surface area contributed by atoms with Gasteiger partial charge in [0.15, 0.2) is 6.10 Å². The van der Waals surface area contributed by atoms with E-state index in [0.29, 0.717) is 23.9 Å². The summed E-state index contributed by atoms with van der Waals surface area (Å²) in [6.45, 7) is 4.91. The highest BCUT2D eigenvalue weighted by molar-refractivity contribution is 5.71. The minimum absolute atomic E-state index is 0.181. The largest absolute Gasteiger partial charge is 0.477 e. The molecule has 0 aromatic rings. The molecule has 0 aromatic heterocycles. The molecule has 0 radical (unpaired) electrons. The van der Waals surface area contributed by atoms with E-state index in [1.807, 2.05) is 21.1 Å². The fourth-order valence-corrected chi connectivity index (χ4v) is 9.61. The summed E-state index contributed by atoms with van der Waals surface area (Å²) in [6, 6.07) is 0. The quantitative estimate of drug-likeness (QED) is 0.0211. The Morgan fingerprint density at radius 1 is 0.395 bits per heavy atom. The Morgan fingerprint density at radius 2 is 0.711 bits per heavy atom. The van der Waals surface area contributed by atoms with Crippen LogP contribution in [0, 0.1) is 0 Å². The van der Waals surface area contributed by atoms with Crippen molar-refractivity contribution in [2.75, 3.05) is 47.5 Å². The van der Waals surface area contributed by atoms with Crippen LogP contribution in [0.4, 0.5) is 0 Å². The lowest BCUT2D eigenvalue weighted by Gasteiger charge is -2.25. The monoisotopic (exact) mass is 1070 g/mol. The topological polar surface area (TPSA) is 108 Å². The molecule has 0 rings (SSSR count). The highest BCUT2D eigenvalue weighted by Gasteiger charge is 2.25. The number of quaternary nitrogens is 1. The highest BCUT2D eigenvalue weighted by Crippen LogP contribution is 2.18. The number of carbonyl (C=O) groups is 3. The van der Waals surface area contributed by atoms with Crippen molar-refractivity contribution in [2.24, 2.45) is 0 Å². The number of hydrogen-bond acceptors (Lipinski definition) is 7. The van der Waals surface area contributed by atoms with Crippen molar-refractivity contribution in [3.05, 3.63) is 36.5 Å². The van der Waals surface area contributed by atoms with Gasteiger partial charge in [0.25, 0.3) is 6.29 Å². The van der Waals surface area contributed by atoms with Gasteiger partial charge in [-0.1, -0.05) is 288 Å². The summed E-state index contributed by atoms with van der Waals surface area (Å²) in [4.78, 5) is 37.5. The molecule has 446 valence electrons. The van der Waals surface area contributed by atoms with E-state index in [-0.39, 0.29) is 32.2 Å². The van der Waals surface area contributed by atoms with Crippen molar-refractivity contribution >= 4 is 17.9 Å². The number of carbonyl (C=O) groups excluding carboxylic acids is 2. The molecule has 1 N–H and O–H groups in total. The van der Waals surface area contributed by atoms with Crippen molar-refractivity contribution in [1.29, 1.82) is 0 Å². The molecule has 0 spiro atoms. The van der Waals surface area contributed by atoms with E-state index in [0.717, 1.165) is 57.8 Å². The first-order chi connectivity index (χ1) is 37.1. The Labute approximate surface area is 470 Å². The first-order valence-corrected chi connectivity index (χ1v) is 32.7. The van der Waals surface area contributed by atoms with Crippen LogP contribution < -0.4 is 0 Å². The van der Waals surface area contributed by atoms with Gasteiger partial charge in [0.2, 0.25) is 0 Å². The molecule has 0 heterocycles. The van der Waals surface area contributed by atoms with Gasteiger partial charge >= 0.3 is 17.9 Å². The van der Waals surface area contributed by atoms with E-state index in [1.54, 1.807) is 0 Å². The Kier molecular flexibility index (Phi) is 56.7. The second-order valence-corrected chi connectivity index (χ2v) is 23.4. The molecular formula is C67H126NO8+. The van der Waals surface area contributed by atoms with Crippen LogP contribution >= 0.6 is 0 Å². The average molecular weight is 1070 g/mol. The molecule has 9 heteroatoms. The van der Waals surface area contributed by atoms with Crippen LogP contribution in [0.1, 0.15) is 316 Å². The van der Waals surface area contributed by atoms with Gasteiger partial charge in [0, 0.05) is 12.8 Å². The van der Waals surface area contributed by atoms with E-state index >= 15 is 0 Å². The van der Waals surface area contributed by atoms with Crippen molar-refractivity contribution in [3.8, 4) is 0 Å². The average Bonchev–Trinajstić information content (AvgIpc) is 3.39. The second kappa shape index (κ2) is 58.7. The van der Waals surface area contributed by atoms with Gasteiger partial charge in [-0.25, -0.2) is 4.79 Å². The minimum atomic E-state index is -1.51. The lowest BCUT2D eigenvalue weighted by atomic mass is 10.0. The van der Waals surface area contributed by atoms with Crippen molar-refractivity contribution in [3.63, 3.8) is 0 Å². The summed E-state index contributed by atoms with van der Waals surface area (Å²) in [5.41, 5.74) is 0. The van der Waals surface area contributed by atoms with Crippen LogP contribution in [0.3, 0.4) is 0 Å². The molecule has 0 aromatic carbocycles. The van der Waals surface area contributed by atoms with Crippen LogP contribution in [-0.4, -0.2) is 87.4 Å². The predicted octanol–water partition coefficient (Wildman–Crippen LogP) is 19.6. The molecule has 76 heavy (non-hydrogen) atoms. The zero-order valence-electron chi connectivity index (χ0n) is 50.9. The fraction of sp³-hybridized carbons (Fsp3) is 0.866. The number of hydrogen-bond donors (Lipinski definition) is 1. The lowest BCUT2D eigenvalue weighted by Crippen LogP contribution is -2.40. The Hall–Kier alpha value is -2.49. The van der Waals surface area contributed by atoms with Crippen LogP contribution in [0.15, 0.2) is 36.5 Å². The number of esters is 2. The SMILES string of the molecule is CCCCCCC/C=C\C/C=C\C/C=C\CCCCCCCCCCC(=O)OC(COC(=O)CCCCCCCCCCCCCCCCCCCCCCCCCCCCCC)COC(OCC[N+](C)(C)C)C(=O)O. The molecule has 0 saturated heterocycles. The van der Waals surface area contributed by atoms with Gasteiger partial charge in [-0.3, -0.25) is 9.59 Å². The maximum Gasteiger partial charge on any atom is 0.361 e. The first-order valence-electron chi connectivity index (χ1n) is 32.7. The van der Waals surface area contributed by atoms with Gasteiger partial charge in [-0.15, -0.1) is 0 Å². The molecule has 2 atom stereocenters. The zero-order chi connectivity index (χ0) is 55.5. The third-order valence-corrected chi connectivity index (χ3v) is 14.6. The van der Waals surface area contributed by atoms with E-state index in [9.17, 15) is 19.5 Å². The van der Waals surface area contributed by atoms with Gasteiger partial charge in [0.05, 0.1) is 34.4 Å². The van der Waals surface area contributed by atoms with Crippen LogP contribution in [-0.2, 0) is 33.3 Å². The molecule has 0 bridgehead atoms. The summed E-state index contributed by atoms with van der Waals surface area (Å²) < 4.78 is 22.9. The lowest BCUT2D eigenvalue weighted by molar-refractivity contribution is -0.870. The molecule has 9 nitrogen and oxygen atoms in total. The van der Waals surface area contributed by atoms with Crippen molar-refractivity contribution < 1.29 is 42.9 Å². The number of carboxylic acid groups (broad SMARTS) is 1. The van der Waals surface area contributed by atoms with Gasteiger partial charge < -0.3 is 28.5 Å². The molecule has 0 saturated carbocycles. The number of ether oxygens (including phenoxy) is 4. The minimum Gasteiger partial charge on any atom is -0.477 e. The summed E-state index contributed by atoms with van der Waals surface area (Å²) in [6.07, 6.45) is 69.6. The zero-order valence-corrected chi connectivity index (χ0v) is 50.9. The summed E-state index contributed by atoms with van der Waals surface area (Å²) in [7, 11) is 5.98. The number of allylic oxidation sites excluding steroid dienone is 6.